The molecule has 0 aliphatic rings. The average molecular weight is 583 g/mol. The maximum absolute atomic E-state index is 5.14. The molecule has 0 amide bonds. The molecule has 3 nitrogen and oxygen atoms in total. The standard InChI is InChI=1S/C6H14O3Si.3C3H9P.Ir/c1-4-7-10(8-5-2)9-6-3;3*1-4(2)3;/h1,4-6H2,2-3H3;3*1-3H3;/q-1;;;;. The Labute approximate surface area is 167 Å². The Bertz CT molecular complexity index is 143. The number of hydrogen-bond donors (Lipinski definition) is 0. The van der Waals surface area contributed by atoms with E-state index in [0.29, 0.717) is 43.6 Å². The Kier molecular flexibility index (Phi) is 49.8. The van der Waals surface area contributed by atoms with Crippen LogP contribution in [0.2, 0.25) is 0 Å². The van der Waals surface area contributed by atoms with Gasteiger partial charge in [-0.05, 0) is 73.8 Å². The van der Waals surface area contributed by atoms with Gasteiger partial charge in [-0.15, -0.1) is 23.8 Å². The van der Waals surface area contributed by atoms with Crippen molar-refractivity contribution in [3.05, 3.63) is 6.92 Å². The predicted octanol–water partition coefficient (Wildman–Crippen LogP) is 4.97. The van der Waals surface area contributed by atoms with Gasteiger partial charge in [0.2, 0.25) is 0 Å². The van der Waals surface area contributed by atoms with Crippen molar-refractivity contribution in [3.8, 4) is 0 Å². The molecule has 8 heteroatoms. The van der Waals surface area contributed by atoms with Crippen molar-refractivity contribution in [1.29, 1.82) is 0 Å². The summed E-state index contributed by atoms with van der Waals surface area (Å²) in [4.78, 5) is 0. The van der Waals surface area contributed by atoms with Crippen LogP contribution in [0.4, 0.5) is 0 Å². The van der Waals surface area contributed by atoms with Crippen LogP contribution in [0.3, 0.4) is 0 Å². The molecule has 0 saturated heterocycles. The van der Waals surface area contributed by atoms with E-state index in [1.165, 1.54) is 0 Å². The van der Waals surface area contributed by atoms with Crippen LogP contribution in [0.1, 0.15) is 13.8 Å². The molecule has 0 N–H and O–H groups in total. The number of rotatable bonds is 6. The zero-order chi connectivity index (χ0) is 18.6. The molecule has 0 aliphatic carbocycles. The first-order valence-corrected chi connectivity index (χ1v) is 16.7. The van der Waals surface area contributed by atoms with E-state index in [0.717, 1.165) is 0 Å². The fraction of sp³-hybridized carbons (Fsp3) is 0.933. The maximum Gasteiger partial charge on any atom is 0.575 e. The van der Waals surface area contributed by atoms with Gasteiger partial charge in [-0.3, -0.25) is 0 Å². The van der Waals surface area contributed by atoms with Crippen molar-refractivity contribution in [2.75, 3.05) is 79.8 Å². The van der Waals surface area contributed by atoms with Crippen molar-refractivity contribution in [3.63, 3.8) is 0 Å². The Morgan fingerprint density at radius 2 is 0.870 bits per heavy atom. The third-order valence-electron chi connectivity index (χ3n) is 0.744. The first-order chi connectivity index (χ1) is 10.0. The van der Waals surface area contributed by atoms with Gasteiger partial charge in [-0.25, -0.2) is 0 Å². The van der Waals surface area contributed by atoms with Gasteiger partial charge in [0.05, 0.1) is 0 Å². The van der Waals surface area contributed by atoms with Crippen molar-refractivity contribution in [1.82, 2.24) is 0 Å². The summed E-state index contributed by atoms with van der Waals surface area (Å²) in [7, 11) is -0.321. The van der Waals surface area contributed by atoms with Gasteiger partial charge in [-0.1, -0.05) is 6.61 Å². The van der Waals surface area contributed by atoms with E-state index >= 15 is 0 Å². The second-order valence-electron chi connectivity index (χ2n) is 5.49. The summed E-state index contributed by atoms with van der Waals surface area (Å²) in [5, 5.41) is 0. The molecule has 0 atom stereocenters. The van der Waals surface area contributed by atoms with Crippen LogP contribution in [0, 0.1) is 6.92 Å². The largest absolute Gasteiger partial charge is 0.575 e. The quantitative estimate of drug-likeness (QED) is 0.252. The van der Waals surface area contributed by atoms with Crippen LogP contribution in [-0.2, 0) is 33.4 Å². The molecule has 0 aliphatic heterocycles. The van der Waals surface area contributed by atoms with Crippen molar-refractivity contribution in [2.45, 2.75) is 13.8 Å². The molecule has 0 heterocycles. The Morgan fingerprint density at radius 1 is 0.652 bits per heavy atom. The van der Waals surface area contributed by atoms with E-state index in [9.17, 15) is 0 Å². The molecule has 2 radical (unpaired) electrons. The van der Waals surface area contributed by atoms with E-state index in [2.05, 4.69) is 66.9 Å². The molecular formula is C15H41IrO3P3Si-. The second-order valence-corrected chi connectivity index (χ2v) is 14.9. The van der Waals surface area contributed by atoms with Gasteiger partial charge >= 0.3 is 9.53 Å². The summed E-state index contributed by atoms with van der Waals surface area (Å²) in [5.74, 6) is 0. The summed E-state index contributed by atoms with van der Waals surface area (Å²) < 4.78 is 15.3. The van der Waals surface area contributed by atoms with Gasteiger partial charge < -0.3 is 20.2 Å². The molecule has 0 spiro atoms. The van der Waals surface area contributed by atoms with Crippen LogP contribution < -0.4 is 0 Å². The minimum absolute atomic E-state index is 0. The van der Waals surface area contributed by atoms with Gasteiger partial charge in [0.1, 0.15) is 0 Å². The van der Waals surface area contributed by atoms with Crippen LogP contribution >= 0.6 is 23.8 Å². The predicted molar refractivity (Wildman–Crippen MR) is 114 cm³/mol. The zero-order valence-corrected chi connectivity index (χ0v) is 23.3. The molecule has 0 unspecified atom stereocenters. The Balaban J connectivity index is -0.0000000700. The van der Waals surface area contributed by atoms with E-state index < -0.39 is 9.53 Å². The first-order valence-electron chi connectivity index (χ1n) is 7.42. The molecule has 0 fully saturated rings. The van der Waals surface area contributed by atoms with Crippen LogP contribution in [0.15, 0.2) is 0 Å². The van der Waals surface area contributed by atoms with E-state index in [-0.39, 0.29) is 20.1 Å². The minimum Gasteiger partial charge on any atom is -0.404 e. The third-order valence-corrected chi connectivity index (χ3v) is 2.23. The van der Waals surface area contributed by atoms with Gasteiger partial charge in [-0.2, -0.15) is 0 Å². The molecule has 0 rings (SSSR count). The van der Waals surface area contributed by atoms with Crippen LogP contribution in [0.5, 0.6) is 0 Å². The van der Waals surface area contributed by atoms with Crippen LogP contribution in [-0.4, -0.2) is 89.3 Å². The second kappa shape index (κ2) is 31.8. The summed E-state index contributed by atoms with van der Waals surface area (Å²) in [6, 6.07) is 0. The molecule has 0 saturated carbocycles. The topological polar surface area (TPSA) is 27.7 Å². The van der Waals surface area contributed by atoms with Crippen molar-refractivity contribution in [2.24, 2.45) is 0 Å². The summed E-state index contributed by atoms with van der Waals surface area (Å²) in [6.07, 6.45) is 0. The molecule has 0 aromatic heterocycles. The smallest absolute Gasteiger partial charge is 0.404 e. The summed E-state index contributed by atoms with van der Waals surface area (Å²) in [6.45, 7) is 29.1. The molecule has 0 bridgehead atoms. The number of hydrogen-bond acceptors (Lipinski definition) is 3. The Morgan fingerprint density at radius 3 is 1.00 bits per heavy atom. The van der Waals surface area contributed by atoms with Gasteiger partial charge in [0, 0.05) is 33.3 Å². The SMILES string of the molecule is CP(C)C.CP(C)C.CP(C)C.[CH2-]CO[Si](OCC)OCC.[Ir]. The average Bonchev–Trinajstić information content (AvgIpc) is 2.27. The van der Waals surface area contributed by atoms with Crippen molar-refractivity contribution >= 4 is 33.3 Å². The first kappa shape index (κ1) is 36.0. The van der Waals surface area contributed by atoms with E-state index in [1.807, 2.05) is 13.8 Å². The minimum atomic E-state index is -1.46. The molecular weight excluding hydrogens is 541 g/mol. The fourth-order valence-corrected chi connectivity index (χ4v) is 1.33. The van der Waals surface area contributed by atoms with Crippen LogP contribution in [0.25, 0.3) is 0 Å². The summed E-state index contributed by atoms with van der Waals surface area (Å²) >= 11 is 0. The molecule has 0 aromatic rings. The molecule has 0 aromatic carbocycles. The summed E-state index contributed by atoms with van der Waals surface area (Å²) in [5.41, 5.74) is 0. The fourth-order valence-electron chi connectivity index (χ4n) is 0.444. The van der Waals surface area contributed by atoms with E-state index in [4.69, 9.17) is 13.3 Å². The monoisotopic (exact) mass is 583 g/mol. The zero-order valence-electron chi connectivity index (χ0n) is 17.2. The van der Waals surface area contributed by atoms with Crippen molar-refractivity contribution < 1.29 is 33.4 Å². The van der Waals surface area contributed by atoms with Gasteiger partial charge in [0.15, 0.2) is 0 Å². The van der Waals surface area contributed by atoms with E-state index in [1.54, 1.807) is 0 Å². The molecule has 23 heavy (non-hydrogen) atoms. The maximum atomic E-state index is 5.14. The van der Waals surface area contributed by atoms with Gasteiger partial charge in [0.25, 0.3) is 0 Å². The molecule has 148 valence electrons. The Hall–Kier alpha value is 2.04. The third kappa shape index (κ3) is 95.8. The normalized spacial score (nSPS) is 9.39.